The molecule has 0 bridgehead atoms. The molecule has 1 aromatic carbocycles. The minimum Gasteiger partial charge on any atom is -0.334 e. The molecule has 1 fully saturated rings. The fourth-order valence-electron chi connectivity index (χ4n) is 2.07. The number of carbonyl (C=O) groups excluding carboxylic acids is 1. The number of halogens is 1. The predicted molar refractivity (Wildman–Crippen MR) is 77.8 cm³/mol. The molecule has 0 aliphatic heterocycles. The molecule has 2 rings (SSSR count). The summed E-state index contributed by atoms with van der Waals surface area (Å²) in [6.45, 7) is 0.569. The predicted octanol–water partition coefficient (Wildman–Crippen LogP) is 1.73. The van der Waals surface area contributed by atoms with Crippen LogP contribution < -0.4 is 5.32 Å². The van der Waals surface area contributed by atoms with Crippen LogP contribution in [-0.2, 0) is 11.3 Å². The molecular weight excluding hydrogens is 282 g/mol. The van der Waals surface area contributed by atoms with Crippen LogP contribution in [0.5, 0.6) is 0 Å². The van der Waals surface area contributed by atoms with E-state index in [2.05, 4.69) is 5.32 Å². The molecule has 1 aliphatic rings. The van der Waals surface area contributed by atoms with Crippen LogP contribution in [0.15, 0.2) is 24.3 Å². The molecule has 1 aliphatic carbocycles. The standard InChI is InChI=1S/C13H17N3O3.ClH/c1-14-8-13(17)15(11-6-7-11)9-10-4-2-3-5-12(10)16(18)19;/h2-5,11,14H,6-9H2,1H3;1H. The van der Waals surface area contributed by atoms with Crippen molar-refractivity contribution in [2.24, 2.45) is 0 Å². The van der Waals surface area contributed by atoms with Crippen LogP contribution in [0.25, 0.3) is 0 Å². The number of carbonyl (C=O) groups is 1. The molecule has 0 spiro atoms. The Bertz CT molecular complexity index is 492. The Kier molecular flexibility index (Phi) is 5.91. The molecular formula is C13H18ClN3O3. The van der Waals surface area contributed by atoms with Crippen molar-refractivity contribution in [3.63, 3.8) is 0 Å². The highest BCUT2D eigenvalue weighted by atomic mass is 35.5. The number of para-hydroxylation sites is 1. The normalized spacial score (nSPS) is 13.4. The summed E-state index contributed by atoms with van der Waals surface area (Å²) < 4.78 is 0. The van der Waals surface area contributed by atoms with Gasteiger partial charge in [-0.2, -0.15) is 0 Å². The van der Waals surface area contributed by atoms with Crippen molar-refractivity contribution < 1.29 is 9.72 Å². The third-order valence-electron chi connectivity index (χ3n) is 3.16. The Hall–Kier alpha value is -1.66. The lowest BCUT2D eigenvalue weighted by Gasteiger charge is -2.22. The van der Waals surface area contributed by atoms with E-state index in [4.69, 9.17) is 0 Å². The second-order valence-electron chi connectivity index (χ2n) is 4.67. The minimum absolute atomic E-state index is 0. The monoisotopic (exact) mass is 299 g/mol. The maximum Gasteiger partial charge on any atom is 0.274 e. The number of nitro groups is 1. The lowest BCUT2D eigenvalue weighted by atomic mass is 10.1. The van der Waals surface area contributed by atoms with Gasteiger partial charge in [-0.25, -0.2) is 0 Å². The number of nitrogens with zero attached hydrogens (tertiary/aromatic N) is 2. The molecule has 6 nitrogen and oxygen atoms in total. The van der Waals surface area contributed by atoms with Crippen molar-refractivity contribution in [1.29, 1.82) is 0 Å². The van der Waals surface area contributed by atoms with Gasteiger partial charge in [0.15, 0.2) is 0 Å². The lowest BCUT2D eigenvalue weighted by molar-refractivity contribution is -0.385. The number of benzene rings is 1. The van der Waals surface area contributed by atoms with E-state index in [-0.39, 0.29) is 36.6 Å². The van der Waals surface area contributed by atoms with Crippen LogP contribution in [0.4, 0.5) is 5.69 Å². The highest BCUT2D eigenvalue weighted by Crippen LogP contribution is 2.30. The molecule has 0 atom stereocenters. The highest BCUT2D eigenvalue weighted by molar-refractivity contribution is 5.85. The third-order valence-corrected chi connectivity index (χ3v) is 3.16. The number of nitrogens with one attached hydrogen (secondary N) is 1. The summed E-state index contributed by atoms with van der Waals surface area (Å²) in [4.78, 5) is 24.3. The van der Waals surface area contributed by atoms with Crippen LogP contribution >= 0.6 is 12.4 Å². The second-order valence-corrected chi connectivity index (χ2v) is 4.67. The van der Waals surface area contributed by atoms with Gasteiger partial charge >= 0.3 is 0 Å². The Morgan fingerprint density at radius 1 is 1.45 bits per heavy atom. The van der Waals surface area contributed by atoms with Crippen molar-refractivity contribution in [1.82, 2.24) is 10.2 Å². The van der Waals surface area contributed by atoms with Gasteiger partial charge in [-0.3, -0.25) is 14.9 Å². The van der Waals surface area contributed by atoms with Gasteiger partial charge in [-0.15, -0.1) is 12.4 Å². The van der Waals surface area contributed by atoms with Gasteiger partial charge in [0.2, 0.25) is 5.91 Å². The molecule has 7 heteroatoms. The zero-order valence-corrected chi connectivity index (χ0v) is 12.1. The van der Waals surface area contributed by atoms with Crippen molar-refractivity contribution in [2.45, 2.75) is 25.4 Å². The Morgan fingerprint density at radius 2 is 2.10 bits per heavy atom. The van der Waals surface area contributed by atoms with E-state index in [1.807, 2.05) is 0 Å². The first-order valence-electron chi connectivity index (χ1n) is 6.30. The maximum atomic E-state index is 12.0. The molecule has 0 heterocycles. The first-order chi connectivity index (χ1) is 9.13. The van der Waals surface area contributed by atoms with Crippen molar-refractivity contribution in [3.8, 4) is 0 Å². The summed E-state index contributed by atoms with van der Waals surface area (Å²) in [6, 6.07) is 6.82. The van der Waals surface area contributed by atoms with Gasteiger partial charge in [0, 0.05) is 17.7 Å². The fourth-order valence-corrected chi connectivity index (χ4v) is 2.07. The largest absolute Gasteiger partial charge is 0.334 e. The van der Waals surface area contributed by atoms with Crippen LogP contribution in [0.3, 0.4) is 0 Å². The number of nitro benzene ring substituents is 1. The first kappa shape index (κ1) is 16.4. The Morgan fingerprint density at radius 3 is 2.65 bits per heavy atom. The van der Waals surface area contributed by atoms with Crippen LogP contribution in [-0.4, -0.2) is 35.4 Å². The quantitative estimate of drug-likeness (QED) is 0.641. The van der Waals surface area contributed by atoms with E-state index >= 15 is 0 Å². The average molecular weight is 300 g/mol. The SMILES string of the molecule is CNCC(=O)N(Cc1ccccc1[N+](=O)[O-])C1CC1.Cl. The molecule has 0 unspecified atom stereocenters. The van der Waals surface area contributed by atoms with E-state index in [0.29, 0.717) is 12.1 Å². The molecule has 1 N–H and O–H groups in total. The van der Waals surface area contributed by atoms with Crippen molar-refractivity contribution in [2.75, 3.05) is 13.6 Å². The minimum atomic E-state index is -0.400. The molecule has 0 aromatic heterocycles. The summed E-state index contributed by atoms with van der Waals surface area (Å²) in [7, 11) is 1.72. The van der Waals surface area contributed by atoms with E-state index in [0.717, 1.165) is 12.8 Å². The molecule has 1 aromatic rings. The van der Waals surface area contributed by atoms with Crippen LogP contribution in [0, 0.1) is 10.1 Å². The summed E-state index contributed by atoms with van der Waals surface area (Å²) in [5.74, 6) is -0.0110. The second kappa shape index (κ2) is 7.21. The molecule has 1 amide bonds. The Balaban J connectivity index is 0.00000200. The number of amides is 1. The van der Waals surface area contributed by atoms with Crippen LogP contribution in [0.1, 0.15) is 18.4 Å². The number of hydrogen-bond donors (Lipinski definition) is 1. The molecule has 110 valence electrons. The number of rotatable bonds is 6. The van der Waals surface area contributed by atoms with Gasteiger partial charge in [0.1, 0.15) is 0 Å². The summed E-state index contributed by atoms with van der Waals surface area (Å²) in [5, 5.41) is 13.8. The fraction of sp³-hybridized carbons (Fsp3) is 0.462. The average Bonchev–Trinajstić information content (AvgIpc) is 3.20. The lowest BCUT2D eigenvalue weighted by Crippen LogP contribution is -2.38. The number of likely N-dealkylation sites (N-methyl/N-ethyl adjacent to an activating group) is 1. The van der Waals surface area contributed by atoms with E-state index in [9.17, 15) is 14.9 Å². The summed E-state index contributed by atoms with van der Waals surface area (Å²) in [5.41, 5.74) is 0.661. The van der Waals surface area contributed by atoms with Gasteiger partial charge in [-0.1, -0.05) is 18.2 Å². The van der Waals surface area contributed by atoms with Crippen molar-refractivity contribution in [3.05, 3.63) is 39.9 Å². The zero-order valence-electron chi connectivity index (χ0n) is 11.2. The van der Waals surface area contributed by atoms with Gasteiger partial charge in [0.25, 0.3) is 5.69 Å². The third kappa shape index (κ3) is 3.91. The van der Waals surface area contributed by atoms with Crippen molar-refractivity contribution >= 4 is 24.0 Å². The Labute approximate surface area is 123 Å². The molecule has 0 saturated heterocycles. The highest BCUT2D eigenvalue weighted by Gasteiger charge is 2.33. The van der Waals surface area contributed by atoms with Gasteiger partial charge < -0.3 is 10.2 Å². The zero-order chi connectivity index (χ0) is 13.8. The van der Waals surface area contributed by atoms with E-state index < -0.39 is 4.92 Å². The smallest absolute Gasteiger partial charge is 0.274 e. The first-order valence-corrected chi connectivity index (χ1v) is 6.30. The van der Waals surface area contributed by atoms with Gasteiger partial charge in [-0.05, 0) is 19.9 Å². The summed E-state index contributed by atoms with van der Waals surface area (Å²) >= 11 is 0. The van der Waals surface area contributed by atoms with Crippen LogP contribution in [0.2, 0.25) is 0 Å². The van der Waals surface area contributed by atoms with Gasteiger partial charge in [0.05, 0.1) is 18.0 Å². The topological polar surface area (TPSA) is 75.5 Å². The van der Waals surface area contributed by atoms with E-state index in [1.165, 1.54) is 6.07 Å². The molecule has 1 saturated carbocycles. The summed E-state index contributed by atoms with van der Waals surface area (Å²) in [6.07, 6.45) is 1.96. The maximum absolute atomic E-state index is 12.0. The molecule has 0 radical (unpaired) electrons. The molecule has 20 heavy (non-hydrogen) atoms. The van der Waals surface area contributed by atoms with E-state index in [1.54, 1.807) is 30.1 Å². The number of hydrogen-bond acceptors (Lipinski definition) is 4.